The Hall–Kier alpha value is -5.84. The lowest BCUT2D eigenvalue weighted by Gasteiger charge is -2.10. The van der Waals surface area contributed by atoms with Crippen molar-refractivity contribution in [3.05, 3.63) is 164 Å². The molecule has 3 aromatic heterocycles. The first-order valence-electron chi connectivity index (χ1n) is 15.4. The number of para-hydroxylation sites is 1. The molecule has 0 amide bonds. The fourth-order valence-electron chi connectivity index (χ4n) is 6.43. The van der Waals surface area contributed by atoms with E-state index in [-0.39, 0.29) is 0 Å². The van der Waals surface area contributed by atoms with Gasteiger partial charge in [-0.2, -0.15) is 0 Å². The van der Waals surface area contributed by atoms with Gasteiger partial charge in [-0.05, 0) is 70.8 Å². The van der Waals surface area contributed by atoms with E-state index in [1.54, 1.807) is 11.3 Å². The summed E-state index contributed by atoms with van der Waals surface area (Å²) < 4.78 is 3.55. The van der Waals surface area contributed by atoms with E-state index in [0.29, 0.717) is 0 Å². The summed E-state index contributed by atoms with van der Waals surface area (Å²) in [7, 11) is 0. The van der Waals surface area contributed by atoms with Crippen LogP contribution in [0.4, 0.5) is 0 Å². The first kappa shape index (κ1) is 26.6. The lowest BCUT2D eigenvalue weighted by atomic mass is 10.0. The molecule has 0 aliphatic carbocycles. The topological polar surface area (TPSA) is 30.7 Å². The predicted octanol–water partition coefficient (Wildman–Crippen LogP) is 11.5. The standard InChI is InChI=1S/C42H27N3S/c1-2-9-28(10-3-1)29-16-18-30(19-17-29)31-21-23-38-41(27-31)46-42(44-38)33-20-22-36-35-13-4-5-15-39(35)45(40(36)26-33)34-12-8-11-32(25-34)37-14-6-7-24-43-37/h1-27H. The van der Waals surface area contributed by atoms with E-state index in [0.717, 1.165) is 38.5 Å². The summed E-state index contributed by atoms with van der Waals surface area (Å²) in [5.41, 5.74) is 12.5. The number of pyridine rings is 1. The molecule has 0 atom stereocenters. The van der Waals surface area contributed by atoms with Gasteiger partial charge in [-0.15, -0.1) is 11.3 Å². The van der Waals surface area contributed by atoms with Crippen LogP contribution in [0, 0.1) is 0 Å². The van der Waals surface area contributed by atoms with Crippen molar-refractivity contribution in [2.45, 2.75) is 0 Å². The van der Waals surface area contributed by atoms with E-state index >= 15 is 0 Å². The minimum absolute atomic E-state index is 0.965. The molecule has 0 aliphatic rings. The zero-order chi connectivity index (χ0) is 30.5. The molecule has 6 aromatic carbocycles. The SMILES string of the molecule is c1ccc(-c2ccc(-c3ccc4nc(-c5ccc6c7ccccc7n(-c7cccc(-c8ccccn8)c7)c6c5)sc4c3)cc2)cc1. The molecule has 0 fully saturated rings. The van der Waals surface area contributed by atoms with Gasteiger partial charge in [0, 0.05) is 33.8 Å². The highest BCUT2D eigenvalue weighted by atomic mass is 32.1. The zero-order valence-corrected chi connectivity index (χ0v) is 25.7. The lowest BCUT2D eigenvalue weighted by Crippen LogP contribution is -1.95. The van der Waals surface area contributed by atoms with Crippen molar-refractivity contribution in [1.82, 2.24) is 14.5 Å². The van der Waals surface area contributed by atoms with Crippen LogP contribution in [0.25, 0.3) is 81.8 Å². The van der Waals surface area contributed by atoms with Gasteiger partial charge in [0.1, 0.15) is 5.01 Å². The van der Waals surface area contributed by atoms with Crippen LogP contribution in [-0.2, 0) is 0 Å². The van der Waals surface area contributed by atoms with Crippen molar-refractivity contribution in [2.75, 3.05) is 0 Å². The molecule has 0 unspecified atom stereocenters. The number of rotatable bonds is 5. The Balaban J connectivity index is 1.12. The fourth-order valence-corrected chi connectivity index (χ4v) is 7.43. The average Bonchev–Trinajstić information content (AvgIpc) is 3.71. The molecule has 0 aliphatic heterocycles. The number of benzene rings is 6. The molecule has 3 nitrogen and oxygen atoms in total. The summed E-state index contributed by atoms with van der Waals surface area (Å²) in [6.07, 6.45) is 1.84. The van der Waals surface area contributed by atoms with Crippen molar-refractivity contribution in [3.8, 4) is 49.8 Å². The van der Waals surface area contributed by atoms with Crippen LogP contribution < -0.4 is 0 Å². The molecular formula is C42H27N3S. The Bertz CT molecular complexity index is 2510. The fraction of sp³-hybridized carbons (Fsp3) is 0. The Morgan fingerprint density at radius 3 is 2.00 bits per heavy atom. The van der Waals surface area contributed by atoms with Crippen LogP contribution in [0.5, 0.6) is 0 Å². The molecule has 9 aromatic rings. The summed E-state index contributed by atoms with van der Waals surface area (Å²) in [6, 6.07) is 56.0. The summed E-state index contributed by atoms with van der Waals surface area (Å²) in [6.45, 7) is 0. The van der Waals surface area contributed by atoms with E-state index in [1.807, 2.05) is 18.3 Å². The smallest absolute Gasteiger partial charge is 0.124 e. The Kier molecular flexibility index (Phi) is 6.32. The highest BCUT2D eigenvalue weighted by Crippen LogP contribution is 2.38. The van der Waals surface area contributed by atoms with Crippen LogP contribution in [0.1, 0.15) is 0 Å². The summed E-state index contributed by atoms with van der Waals surface area (Å²) in [5, 5.41) is 3.48. The van der Waals surface area contributed by atoms with Gasteiger partial charge in [0.2, 0.25) is 0 Å². The van der Waals surface area contributed by atoms with Crippen LogP contribution in [-0.4, -0.2) is 14.5 Å². The highest BCUT2D eigenvalue weighted by molar-refractivity contribution is 7.21. The van der Waals surface area contributed by atoms with Gasteiger partial charge in [0.05, 0.1) is 26.9 Å². The minimum atomic E-state index is 0.965. The number of aromatic nitrogens is 3. The second-order valence-corrected chi connectivity index (χ2v) is 12.5. The monoisotopic (exact) mass is 605 g/mol. The van der Waals surface area contributed by atoms with Crippen LogP contribution in [0.2, 0.25) is 0 Å². The maximum absolute atomic E-state index is 5.09. The molecule has 0 radical (unpaired) electrons. The van der Waals surface area contributed by atoms with Crippen molar-refractivity contribution < 1.29 is 0 Å². The van der Waals surface area contributed by atoms with E-state index in [4.69, 9.17) is 4.98 Å². The second kappa shape index (κ2) is 11.0. The lowest BCUT2D eigenvalue weighted by molar-refractivity contribution is 1.18. The van der Waals surface area contributed by atoms with E-state index in [9.17, 15) is 0 Å². The van der Waals surface area contributed by atoms with Gasteiger partial charge in [0.15, 0.2) is 0 Å². The van der Waals surface area contributed by atoms with Gasteiger partial charge in [-0.3, -0.25) is 4.98 Å². The normalized spacial score (nSPS) is 11.5. The third-order valence-electron chi connectivity index (χ3n) is 8.70. The molecule has 0 spiro atoms. The van der Waals surface area contributed by atoms with Gasteiger partial charge < -0.3 is 4.57 Å². The van der Waals surface area contributed by atoms with Gasteiger partial charge in [-0.25, -0.2) is 4.98 Å². The maximum Gasteiger partial charge on any atom is 0.124 e. The molecule has 216 valence electrons. The molecule has 0 N–H and O–H groups in total. The molecule has 0 bridgehead atoms. The van der Waals surface area contributed by atoms with Crippen LogP contribution in [0.3, 0.4) is 0 Å². The molecule has 0 saturated heterocycles. The minimum Gasteiger partial charge on any atom is -0.309 e. The first-order chi connectivity index (χ1) is 22.8. The first-order valence-corrected chi connectivity index (χ1v) is 16.2. The molecule has 46 heavy (non-hydrogen) atoms. The summed E-state index contributed by atoms with van der Waals surface area (Å²) in [4.78, 5) is 9.69. The average molecular weight is 606 g/mol. The number of nitrogens with zero attached hydrogens (tertiary/aromatic N) is 3. The number of thiazole rings is 1. The van der Waals surface area contributed by atoms with Crippen LogP contribution in [0.15, 0.2) is 164 Å². The molecule has 9 rings (SSSR count). The van der Waals surface area contributed by atoms with E-state index in [1.165, 1.54) is 43.2 Å². The highest BCUT2D eigenvalue weighted by Gasteiger charge is 2.16. The quantitative estimate of drug-likeness (QED) is 0.195. The zero-order valence-electron chi connectivity index (χ0n) is 24.8. The molecule has 0 saturated carbocycles. The van der Waals surface area contributed by atoms with Crippen molar-refractivity contribution in [2.24, 2.45) is 0 Å². The number of hydrogen-bond acceptors (Lipinski definition) is 3. The Morgan fingerprint density at radius 2 is 1.15 bits per heavy atom. The van der Waals surface area contributed by atoms with Crippen molar-refractivity contribution >= 4 is 43.4 Å². The molecule has 3 heterocycles. The summed E-state index contributed by atoms with van der Waals surface area (Å²) in [5.74, 6) is 0. The predicted molar refractivity (Wildman–Crippen MR) is 193 cm³/mol. The van der Waals surface area contributed by atoms with E-state index < -0.39 is 0 Å². The Labute approximate surface area is 270 Å². The molecule has 4 heteroatoms. The molecular weight excluding hydrogens is 579 g/mol. The van der Waals surface area contributed by atoms with Crippen molar-refractivity contribution in [3.63, 3.8) is 0 Å². The third-order valence-corrected chi connectivity index (χ3v) is 9.77. The van der Waals surface area contributed by atoms with Gasteiger partial charge >= 0.3 is 0 Å². The summed E-state index contributed by atoms with van der Waals surface area (Å²) >= 11 is 1.75. The second-order valence-electron chi connectivity index (χ2n) is 11.5. The Morgan fingerprint density at radius 1 is 0.457 bits per heavy atom. The van der Waals surface area contributed by atoms with Crippen molar-refractivity contribution in [1.29, 1.82) is 0 Å². The van der Waals surface area contributed by atoms with Gasteiger partial charge in [0.25, 0.3) is 0 Å². The number of hydrogen-bond donors (Lipinski definition) is 0. The number of fused-ring (bicyclic) bond motifs is 4. The van der Waals surface area contributed by atoms with Crippen LogP contribution >= 0.6 is 11.3 Å². The maximum atomic E-state index is 5.09. The third kappa shape index (κ3) is 4.59. The van der Waals surface area contributed by atoms with E-state index in [2.05, 4.69) is 155 Å². The van der Waals surface area contributed by atoms with Gasteiger partial charge in [-0.1, -0.05) is 109 Å². The largest absolute Gasteiger partial charge is 0.309 e.